The molecule has 5 aliphatic heterocycles. The van der Waals surface area contributed by atoms with E-state index in [4.69, 9.17) is 18.9 Å². The van der Waals surface area contributed by atoms with Crippen molar-refractivity contribution in [1.29, 1.82) is 0 Å². The molecular weight excluding hydrogens is 386 g/mol. The average molecular weight is 418 g/mol. The van der Waals surface area contributed by atoms with Crippen molar-refractivity contribution in [2.45, 2.75) is 77.2 Å². The first-order valence-corrected chi connectivity index (χ1v) is 11.2. The molecule has 5 heterocycles. The molecule has 0 aromatic rings. The highest BCUT2D eigenvalue weighted by atomic mass is 16.6. The number of hydrogen-bond acceptors (Lipinski definition) is 7. The van der Waals surface area contributed by atoms with E-state index in [9.17, 15) is 9.59 Å². The first-order chi connectivity index (χ1) is 14.4. The molecule has 7 nitrogen and oxygen atoms in total. The molecule has 4 fully saturated rings. The number of ether oxygens (including phenoxy) is 4. The molecule has 5 rings (SSSR count). The number of fused-ring (bicyclic) bond motifs is 3. The average Bonchev–Trinajstić information content (AvgIpc) is 3.40. The molecule has 5 aliphatic rings. The van der Waals surface area contributed by atoms with Gasteiger partial charge >= 0.3 is 11.9 Å². The number of methoxy groups -OCH3 is 1. The van der Waals surface area contributed by atoms with Crippen molar-refractivity contribution in [2.75, 3.05) is 13.7 Å². The molecule has 2 unspecified atom stereocenters. The van der Waals surface area contributed by atoms with Crippen LogP contribution in [0.4, 0.5) is 0 Å². The van der Waals surface area contributed by atoms with E-state index in [1.807, 2.05) is 6.92 Å². The molecule has 0 radical (unpaired) electrons. The molecule has 30 heavy (non-hydrogen) atoms. The number of carbonyl (C=O) groups is 2. The summed E-state index contributed by atoms with van der Waals surface area (Å²) in [6.07, 6.45) is 5.09. The summed E-state index contributed by atoms with van der Waals surface area (Å²) in [5.74, 6) is 1.73. The van der Waals surface area contributed by atoms with Crippen LogP contribution in [-0.2, 0) is 28.5 Å². The Hall–Kier alpha value is -2.02. The van der Waals surface area contributed by atoms with Crippen LogP contribution in [0.25, 0.3) is 0 Å². The second-order valence-corrected chi connectivity index (χ2v) is 9.47. The Kier molecular flexibility index (Phi) is 4.84. The number of hydrogen-bond donors (Lipinski definition) is 0. The fourth-order valence-electron chi connectivity index (χ4n) is 6.36. The molecule has 0 aliphatic carbocycles. The maximum atomic E-state index is 12.1. The molecule has 0 N–H and O–H groups in total. The van der Waals surface area contributed by atoms with Gasteiger partial charge in [0, 0.05) is 23.9 Å². The first-order valence-electron chi connectivity index (χ1n) is 11.2. The summed E-state index contributed by atoms with van der Waals surface area (Å²) >= 11 is 0. The zero-order valence-electron chi connectivity index (χ0n) is 18.2. The second kappa shape index (κ2) is 7.29. The van der Waals surface area contributed by atoms with Gasteiger partial charge in [-0.1, -0.05) is 13.8 Å². The third kappa shape index (κ3) is 2.88. The summed E-state index contributed by atoms with van der Waals surface area (Å²) in [5.41, 5.74) is 0.489. The molecule has 7 atom stereocenters. The predicted molar refractivity (Wildman–Crippen MR) is 107 cm³/mol. The Morgan fingerprint density at radius 3 is 2.50 bits per heavy atom. The van der Waals surface area contributed by atoms with Gasteiger partial charge in [0.25, 0.3) is 0 Å². The van der Waals surface area contributed by atoms with Crippen molar-refractivity contribution in [2.24, 2.45) is 17.8 Å². The zero-order chi connectivity index (χ0) is 21.2. The summed E-state index contributed by atoms with van der Waals surface area (Å²) in [6.45, 7) is 6.88. The topological polar surface area (TPSA) is 74.3 Å². The zero-order valence-corrected chi connectivity index (χ0v) is 18.2. The fourth-order valence-corrected chi connectivity index (χ4v) is 6.36. The van der Waals surface area contributed by atoms with Gasteiger partial charge in [-0.3, -0.25) is 9.69 Å². The summed E-state index contributed by atoms with van der Waals surface area (Å²) in [4.78, 5) is 26.7. The highest BCUT2D eigenvalue weighted by Gasteiger charge is 2.54. The number of cyclic esters (lactones) is 2. The molecule has 7 heteroatoms. The van der Waals surface area contributed by atoms with Crippen molar-refractivity contribution in [3.63, 3.8) is 0 Å². The van der Waals surface area contributed by atoms with Gasteiger partial charge in [0.05, 0.1) is 18.6 Å². The Morgan fingerprint density at radius 1 is 1.03 bits per heavy atom. The van der Waals surface area contributed by atoms with Gasteiger partial charge in [0.15, 0.2) is 5.76 Å². The molecule has 0 saturated carbocycles. The minimum Gasteiger partial charge on any atom is -0.492 e. The largest absolute Gasteiger partial charge is 0.492 e. The van der Waals surface area contributed by atoms with Crippen LogP contribution in [0.3, 0.4) is 0 Å². The SMILES string of the molecule is COC1=C(C)C(=O)O/C1=C1\OC2CCCN3C([C@@H]4C[C@H](C)C(=O)O4)CC[C@H]3[C@H]2[C@@H]1C. The maximum absolute atomic E-state index is 12.1. The van der Waals surface area contributed by atoms with E-state index in [-0.39, 0.29) is 36.0 Å². The number of nitrogens with zero attached hydrogens (tertiary/aromatic N) is 1. The van der Waals surface area contributed by atoms with E-state index in [1.54, 1.807) is 14.0 Å². The summed E-state index contributed by atoms with van der Waals surface area (Å²) in [7, 11) is 1.56. The lowest BCUT2D eigenvalue weighted by atomic mass is 9.82. The Balaban J connectivity index is 1.42. The third-order valence-corrected chi connectivity index (χ3v) is 7.82. The van der Waals surface area contributed by atoms with E-state index < -0.39 is 0 Å². The molecular formula is C23H31NO6. The second-order valence-electron chi connectivity index (χ2n) is 9.47. The van der Waals surface area contributed by atoms with Crippen LogP contribution in [0.2, 0.25) is 0 Å². The Morgan fingerprint density at radius 2 is 1.80 bits per heavy atom. The van der Waals surface area contributed by atoms with Crippen molar-refractivity contribution >= 4 is 11.9 Å². The van der Waals surface area contributed by atoms with Crippen LogP contribution < -0.4 is 0 Å². The lowest BCUT2D eigenvalue weighted by Gasteiger charge is -2.35. The van der Waals surface area contributed by atoms with E-state index in [2.05, 4.69) is 11.8 Å². The van der Waals surface area contributed by atoms with Crippen molar-refractivity contribution in [3.8, 4) is 0 Å². The predicted octanol–water partition coefficient (Wildman–Crippen LogP) is 2.90. The number of allylic oxidation sites excluding steroid dienone is 1. The summed E-state index contributed by atoms with van der Waals surface area (Å²) < 4.78 is 23.2. The van der Waals surface area contributed by atoms with Gasteiger partial charge in [0.1, 0.15) is 18.0 Å². The van der Waals surface area contributed by atoms with Gasteiger partial charge in [0.2, 0.25) is 5.76 Å². The molecule has 0 spiro atoms. The van der Waals surface area contributed by atoms with Gasteiger partial charge in [-0.15, -0.1) is 0 Å². The van der Waals surface area contributed by atoms with Crippen molar-refractivity contribution < 1.29 is 28.5 Å². The standard InChI is InChI=1S/C23H31NO6/c1-11-10-17(29-22(11)25)14-7-8-15-18-12(2)20(28-16(18)6-5-9-24(14)15)21-19(27-4)13(3)23(26)30-21/h11-12,14-18H,5-10H2,1-4H3/b21-20-/t11-,12-,14?,15-,16?,17-,18+/m0/s1. The number of esters is 2. The molecule has 0 amide bonds. The van der Waals surface area contributed by atoms with E-state index in [1.165, 1.54) is 0 Å². The van der Waals surface area contributed by atoms with Crippen LogP contribution in [0.5, 0.6) is 0 Å². The minimum atomic E-state index is -0.364. The van der Waals surface area contributed by atoms with Crippen LogP contribution >= 0.6 is 0 Å². The molecule has 0 aromatic heterocycles. The fraction of sp³-hybridized carbons (Fsp3) is 0.739. The molecule has 0 aromatic carbocycles. The van der Waals surface area contributed by atoms with Crippen LogP contribution in [0.15, 0.2) is 22.9 Å². The summed E-state index contributed by atoms with van der Waals surface area (Å²) in [6, 6.07) is 0.686. The van der Waals surface area contributed by atoms with Crippen LogP contribution in [0, 0.1) is 17.8 Å². The lowest BCUT2D eigenvalue weighted by Crippen LogP contribution is -2.46. The minimum absolute atomic E-state index is 0.00149. The van der Waals surface area contributed by atoms with Crippen LogP contribution in [0.1, 0.15) is 52.9 Å². The highest BCUT2D eigenvalue weighted by Crippen LogP contribution is 2.50. The summed E-state index contributed by atoms with van der Waals surface area (Å²) in [5, 5.41) is 0. The smallest absolute Gasteiger partial charge is 0.343 e. The maximum Gasteiger partial charge on any atom is 0.343 e. The Bertz CT molecular complexity index is 832. The number of carbonyl (C=O) groups excluding carboxylic acids is 2. The first kappa shape index (κ1) is 19.9. The normalized spacial score (nSPS) is 43.8. The molecule has 0 bridgehead atoms. The monoisotopic (exact) mass is 417 g/mol. The van der Waals surface area contributed by atoms with Gasteiger partial charge in [-0.2, -0.15) is 0 Å². The third-order valence-electron chi connectivity index (χ3n) is 7.82. The van der Waals surface area contributed by atoms with Gasteiger partial charge in [-0.25, -0.2) is 4.79 Å². The number of rotatable bonds is 2. The Labute approximate surface area is 177 Å². The van der Waals surface area contributed by atoms with Crippen LogP contribution in [-0.4, -0.2) is 54.8 Å². The molecule has 4 saturated heterocycles. The van der Waals surface area contributed by atoms with Crippen molar-refractivity contribution in [1.82, 2.24) is 4.90 Å². The van der Waals surface area contributed by atoms with Gasteiger partial charge < -0.3 is 18.9 Å². The highest BCUT2D eigenvalue weighted by molar-refractivity contribution is 5.93. The van der Waals surface area contributed by atoms with E-state index in [0.717, 1.165) is 44.4 Å². The van der Waals surface area contributed by atoms with E-state index in [0.29, 0.717) is 35.1 Å². The molecule has 164 valence electrons. The van der Waals surface area contributed by atoms with Gasteiger partial charge in [-0.05, 0) is 45.6 Å². The quantitative estimate of drug-likeness (QED) is 0.640. The van der Waals surface area contributed by atoms with E-state index >= 15 is 0 Å². The lowest BCUT2D eigenvalue weighted by molar-refractivity contribution is -0.146. The van der Waals surface area contributed by atoms with Crippen molar-refractivity contribution in [3.05, 3.63) is 22.9 Å².